The molecule has 1 aliphatic carbocycles. The number of carboxylic acid groups (broad SMARTS) is 1. The summed E-state index contributed by atoms with van der Waals surface area (Å²) in [5, 5.41) is 14.8. The van der Waals surface area contributed by atoms with E-state index in [9.17, 15) is 9.59 Å². The fourth-order valence-electron chi connectivity index (χ4n) is 1.57. The molecule has 0 aliphatic heterocycles. The zero-order valence-electron chi connectivity index (χ0n) is 9.47. The number of hydrogen-bond acceptors (Lipinski definition) is 4. The number of nitrogens with zero attached hydrogens (tertiary/aromatic N) is 1. The highest BCUT2D eigenvalue weighted by molar-refractivity contribution is 5.92. The Labute approximate surface area is 98.0 Å². The van der Waals surface area contributed by atoms with Crippen molar-refractivity contribution < 1.29 is 19.2 Å². The van der Waals surface area contributed by atoms with Crippen molar-refractivity contribution in [3.8, 4) is 0 Å². The molecule has 1 amide bonds. The predicted molar refractivity (Wildman–Crippen MR) is 57.7 cm³/mol. The topological polar surface area (TPSA) is 92.4 Å². The predicted octanol–water partition coefficient (Wildman–Crippen LogP) is 1.14. The van der Waals surface area contributed by atoms with E-state index in [1.54, 1.807) is 13.0 Å². The van der Waals surface area contributed by atoms with Gasteiger partial charge in [0.25, 0.3) is 5.91 Å². The van der Waals surface area contributed by atoms with E-state index >= 15 is 0 Å². The molecule has 1 saturated carbocycles. The van der Waals surface area contributed by atoms with Gasteiger partial charge in [-0.3, -0.25) is 9.59 Å². The van der Waals surface area contributed by atoms with Crippen LogP contribution in [0, 0.1) is 0 Å². The van der Waals surface area contributed by atoms with Gasteiger partial charge in [-0.2, -0.15) is 0 Å². The SMILES string of the molecule is CC(CC(=O)O)NC(=O)c1cc(C2CC2)on1. The molecule has 0 radical (unpaired) electrons. The summed E-state index contributed by atoms with van der Waals surface area (Å²) in [6.45, 7) is 1.63. The maximum Gasteiger partial charge on any atom is 0.305 e. The van der Waals surface area contributed by atoms with Crippen LogP contribution in [-0.2, 0) is 4.79 Å². The van der Waals surface area contributed by atoms with Crippen LogP contribution in [0.2, 0.25) is 0 Å². The summed E-state index contributed by atoms with van der Waals surface area (Å²) >= 11 is 0. The maximum atomic E-state index is 11.7. The molecule has 1 heterocycles. The molecule has 1 aliphatic rings. The number of amides is 1. The third-order valence-electron chi connectivity index (χ3n) is 2.60. The second-order valence-electron chi connectivity index (χ2n) is 4.36. The van der Waals surface area contributed by atoms with Gasteiger partial charge in [-0.15, -0.1) is 0 Å². The number of rotatable bonds is 5. The number of nitrogens with one attached hydrogen (secondary N) is 1. The van der Waals surface area contributed by atoms with E-state index in [2.05, 4.69) is 10.5 Å². The number of carbonyl (C=O) groups is 2. The highest BCUT2D eigenvalue weighted by atomic mass is 16.5. The minimum absolute atomic E-state index is 0.112. The van der Waals surface area contributed by atoms with Gasteiger partial charge in [0.05, 0.1) is 6.42 Å². The molecule has 1 fully saturated rings. The molecular weight excluding hydrogens is 224 g/mol. The van der Waals surface area contributed by atoms with Gasteiger partial charge < -0.3 is 14.9 Å². The Hall–Kier alpha value is -1.85. The average Bonchev–Trinajstić information content (AvgIpc) is 2.95. The quantitative estimate of drug-likeness (QED) is 0.802. The second kappa shape index (κ2) is 4.57. The van der Waals surface area contributed by atoms with Gasteiger partial charge in [-0.25, -0.2) is 0 Å². The lowest BCUT2D eigenvalue weighted by Crippen LogP contribution is -2.34. The Morgan fingerprint density at radius 1 is 1.65 bits per heavy atom. The number of carbonyl (C=O) groups excluding carboxylic acids is 1. The van der Waals surface area contributed by atoms with Crippen LogP contribution in [0.3, 0.4) is 0 Å². The molecule has 2 N–H and O–H groups in total. The van der Waals surface area contributed by atoms with Crippen LogP contribution in [0.25, 0.3) is 0 Å². The van der Waals surface area contributed by atoms with Gasteiger partial charge >= 0.3 is 5.97 Å². The van der Waals surface area contributed by atoms with Crippen molar-refractivity contribution in [2.24, 2.45) is 0 Å². The van der Waals surface area contributed by atoms with Gasteiger partial charge in [0.2, 0.25) is 0 Å². The van der Waals surface area contributed by atoms with E-state index in [1.165, 1.54) is 0 Å². The van der Waals surface area contributed by atoms with E-state index < -0.39 is 17.9 Å². The summed E-state index contributed by atoms with van der Waals surface area (Å²) in [6, 6.07) is 1.20. The summed E-state index contributed by atoms with van der Waals surface area (Å²) in [7, 11) is 0. The van der Waals surface area contributed by atoms with Crippen LogP contribution in [-0.4, -0.2) is 28.2 Å². The smallest absolute Gasteiger partial charge is 0.305 e. The molecule has 0 bridgehead atoms. The van der Waals surface area contributed by atoms with Crippen molar-refractivity contribution >= 4 is 11.9 Å². The first-order valence-corrected chi connectivity index (χ1v) is 5.55. The Morgan fingerprint density at radius 3 is 2.94 bits per heavy atom. The van der Waals surface area contributed by atoms with E-state index in [0.29, 0.717) is 5.92 Å². The summed E-state index contributed by atoms with van der Waals surface area (Å²) in [6.07, 6.45) is 2.04. The molecule has 17 heavy (non-hydrogen) atoms. The fourth-order valence-corrected chi connectivity index (χ4v) is 1.57. The van der Waals surface area contributed by atoms with Gasteiger partial charge in [-0.1, -0.05) is 5.16 Å². The zero-order chi connectivity index (χ0) is 12.4. The van der Waals surface area contributed by atoms with Gasteiger partial charge in [-0.05, 0) is 19.8 Å². The first-order chi connectivity index (χ1) is 8.06. The van der Waals surface area contributed by atoms with Crippen LogP contribution in [0.15, 0.2) is 10.6 Å². The molecular formula is C11H14N2O4. The molecule has 1 aromatic rings. The number of carboxylic acids is 1. The highest BCUT2D eigenvalue weighted by Crippen LogP contribution is 2.40. The molecule has 92 valence electrons. The third kappa shape index (κ3) is 3.05. The first kappa shape index (κ1) is 11.6. The molecule has 1 unspecified atom stereocenters. The Balaban J connectivity index is 1.91. The maximum absolute atomic E-state index is 11.7. The van der Waals surface area contributed by atoms with E-state index in [-0.39, 0.29) is 12.1 Å². The normalized spacial score (nSPS) is 16.5. The van der Waals surface area contributed by atoms with Crippen molar-refractivity contribution in [1.29, 1.82) is 0 Å². The fraction of sp³-hybridized carbons (Fsp3) is 0.545. The summed E-state index contributed by atoms with van der Waals surface area (Å²) in [5.41, 5.74) is 0.212. The molecule has 0 spiro atoms. The molecule has 2 rings (SSSR count). The Morgan fingerprint density at radius 2 is 2.35 bits per heavy atom. The van der Waals surface area contributed by atoms with Crippen molar-refractivity contribution in [2.75, 3.05) is 0 Å². The van der Waals surface area contributed by atoms with E-state index in [4.69, 9.17) is 9.63 Å². The standard InChI is InChI=1S/C11H14N2O4/c1-6(4-10(14)15)12-11(16)8-5-9(17-13-8)7-2-3-7/h5-7H,2-4H2,1H3,(H,12,16)(H,14,15). The number of aromatic nitrogens is 1. The molecule has 1 aromatic heterocycles. The molecule has 0 saturated heterocycles. The Kier molecular flexibility index (Phi) is 3.12. The summed E-state index contributed by atoms with van der Waals surface area (Å²) in [4.78, 5) is 22.1. The zero-order valence-corrected chi connectivity index (χ0v) is 9.47. The average molecular weight is 238 g/mol. The van der Waals surface area contributed by atoms with Crippen molar-refractivity contribution in [1.82, 2.24) is 10.5 Å². The van der Waals surface area contributed by atoms with Crippen molar-refractivity contribution in [3.05, 3.63) is 17.5 Å². The number of aliphatic carboxylic acids is 1. The second-order valence-corrected chi connectivity index (χ2v) is 4.36. The minimum Gasteiger partial charge on any atom is -0.481 e. The largest absolute Gasteiger partial charge is 0.481 e. The van der Waals surface area contributed by atoms with Gasteiger partial charge in [0, 0.05) is 18.0 Å². The van der Waals surface area contributed by atoms with Crippen LogP contribution >= 0.6 is 0 Å². The van der Waals surface area contributed by atoms with Gasteiger partial charge in [0.15, 0.2) is 5.69 Å². The summed E-state index contributed by atoms with van der Waals surface area (Å²) < 4.78 is 5.05. The molecule has 6 heteroatoms. The van der Waals surface area contributed by atoms with Crippen LogP contribution < -0.4 is 5.32 Å². The first-order valence-electron chi connectivity index (χ1n) is 5.55. The lowest BCUT2D eigenvalue weighted by molar-refractivity contribution is -0.137. The number of hydrogen-bond donors (Lipinski definition) is 2. The van der Waals surface area contributed by atoms with Crippen LogP contribution in [0.1, 0.15) is 48.4 Å². The molecule has 1 atom stereocenters. The van der Waals surface area contributed by atoms with E-state index in [0.717, 1.165) is 18.6 Å². The minimum atomic E-state index is -0.948. The lowest BCUT2D eigenvalue weighted by atomic mass is 10.2. The lowest BCUT2D eigenvalue weighted by Gasteiger charge is -2.09. The van der Waals surface area contributed by atoms with E-state index in [1.807, 2.05) is 0 Å². The van der Waals surface area contributed by atoms with Crippen molar-refractivity contribution in [2.45, 2.75) is 38.1 Å². The molecule has 6 nitrogen and oxygen atoms in total. The monoisotopic (exact) mass is 238 g/mol. The Bertz CT molecular complexity index is 436. The van der Waals surface area contributed by atoms with Crippen LogP contribution in [0.5, 0.6) is 0 Å². The molecule has 0 aromatic carbocycles. The van der Waals surface area contributed by atoms with Crippen LogP contribution in [0.4, 0.5) is 0 Å². The third-order valence-corrected chi connectivity index (χ3v) is 2.60. The van der Waals surface area contributed by atoms with Gasteiger partial charge in [0.1, 0.15) is 5.76 Å². The van der Waals surface area contributed by atoms with Crippen molar-refractivity contribution in [3.63, 3.8) is 0 Å². The highest BCUT2D eigenvalue weighted by Gasteiger charge is 2.29. The summed E-state index contributed by atoms with van der Waals surface area (Å²) in [5.74, 6) is -0.201.